The van der Waals surface area contributed by atoms with Gasteiger partial charge >= 0.3 is 0 Å². The van der Waals surface area contributed by atoms with Crippen LogP contribution in [0.3, 0.4) is 0 Å². The van der Waals surface area contributed by atoms with Gasteiger partial charge in [-0.1, -0.05) is 12.1 Å². The van der Waals surface area contributed by atoms with Crippen LogP contribution in [0, 0.1) is 0 Å². The van der Waals surface area contributed by atoms with Crippen molar-refractivity contribution in [3.63, 3.8) is 0 Å². The lowest BCUT2D eigenvalue weighted by Gasteiger charge is -2.16. The molecule has 5 nitrogen and oxygen atoms in total. The number of hydrogen-bond acceptors (Lipinski definition) is 4. The monoisotopic (exact) mass is 332 g/mol. The van der Waals surface area contributed by atoms with E-state index in [0.717, 1.165) is 17.1 Å². The molecule has 0 aliphatic carbocycles. The zero-order valence-electron chi connectivity index (χ0n) is 13.4. The van der Waals surface area contributed by atoms with Gasteiger partial charge in [0.25, 0.3) is 0 Å². The van der Waals surface area contributed by atoms with Gasteiger partial charge in [0.2, 0.25) is 0 Å². The van der Waals surface area contributed by atoms with Gasteiger partial charge in [0.1, 0.15) is 17.2 Å². The third-order valence-electron chi connectivity index (χ3n) is 3.09. The van der Waals surface area contributed by atoms with E-state index in [9.17, 15) is 0 Å². The van der Waals surface area contributed by atoms with E-state index in [0.29, 0.717) is 23.2 Å². The Kier molecular flexibility index (Phi) is 6.05. The number of para-hydroxylation sites is 2. The molecule has 0 aromatic heterocycles. The van der Waals surface area contributed by atoms with Crippen molar-refractivity contribution in [3.8, 4) is 17.2 Å². The number of thiocarbonyl (C=S) groups is 1. The van der Waals surface area contributed by atoms with E-state index in [-0.39, 0.29) is 0 Å². The molecule has 0 heterocycles. The maximum Gasteiger partial charge on any atom is 0.175 e. The minimum atomic E-state index is 0.434. The molecule has 6 heteroatoms. The van der Waals surface area contributed by atoms with E-state index < -0.39 is 0 Å². The van der Waals surface area contributed by atoms with Gasteiger partial charge in [0.05, 0.1) is 32.2 Å². The fraction of sp³-hybridized carbons (Fsp3) is 0.235. The van der Waals surface area contributed by atoms with Crippen LogP contribution < -0.4 is 24.8 Å². The Morgan fingerprint density at radius 2 is 1.70 bits per heavy atom. The molecule has 2 rings (SSSR count). The highest BCUT2D eigenvalue weighted by molar-refractivity contribution is 7.80. The summed E-state index contributed by atoms with van der Waals surface area (Å²) < 4.78 is 16.1. The number of methoxy groups -OCH3 is 2. The first-order valence-corrected chi connectivity index (χ1v) is 7.60. The van der Waals surface area contributed by atoms with Crippen LogP contribution >= 0.6 is 12.2 Å². The first-order valence-electron chi connectivity index (χ1n) is 7.19. The summed E-state index contributed by atoms with van der Waals surface area (Å²) in [6.45, 7) is 2.52. The quantitative estimate of drug-likeness (QED) is 0.782. The van der Waals surface area contributed by atoms with E-state index in [1.54, 1.807) is 14.2 Å². The summed E-state index contributed by atoms with van der Waals surface area (Å²) >= 11 is 5.37. The SMILES string of the molecule is CCOc1ccccc1NC(=S)Nc1cc(OC)ccc1OC. The molecule has 0 spiro atoms. The number of rotatable bonds is 6. The molecule has 0 saturated carbocycles. The van der Waals surface area contributed by atoms with E-state index in [2.05, 4.69) is 10.6 Å². The molecule has 2 aromatic carbocycles. The average molecular weight is 332 g/mol. The van der Waals surface area contributed by atoms with Crippen molar-refractivity contribution in [2.24, 2.45) is 0 Å². The first kappa shape index (κ1) is 16.9. The Labute approximate surface area is 141 Å². The molecule has 0 aliphatic rings. The second-order valence-corrected chi connectivity index (χ2v) is 4.98. The predicted molar refractivity (Wildman–Crippen MR) is 97.0 cm³/mol. The maximum atomic E-state index is 5.57. The van der Waals surface area contributed by atoms with Crippen molar-refractivity contribution < 1.29 is 14.2 Å². The van der Waals surface area contributed by atoms with Crippen molar-refractivity contribution in [1.29, 1.82) is 0 Å². The van der Waals surface area contributed by atoms with Gasteiger partial charge in [-0.05, 0) is 43.4 Å². The van der Waals surface area contributed by atoms with Gasteiger partial charge in [-0.15, -0.1) is 0 Å². The van der Waals surface area contributed by atoms with Gasteiger partial charge in [-0.3, -0.25) is 0 Å². The minimum Gasteiger partial charge on any atom is -0.497 e. The summed E-state index contributed by atoms with van der Waals surface area (Å²) in [4.78, 5) is 0. The van der Waals surface area contributed by atoms with Gasteiger partial charge in [0, 0.05) is 6.07 Å². The number of anilines is 2. The number of benzene rings is 2. The van der Waals surface area contributed by atoms with E-state index >= 15 is 0 Å². The molecular formula is C17H20N2O3S. The van der Waals surface area contributed by atoms with E-state index in [1.165, 1.54) is 0 Å². The third-order valence-corrected chi connectivity index (χ3v) is 3.29. The van der Waals surface area contributed by atoms with Crippen LogP contribution in [0.4, 0.5) is 11.4 Å². The van der Waals surface area contributed by atoms with E-state index in [1.807, 2.05) is 49.4 Å². The molecule has 2 aromatic rings. The molecule has 2 N–H and O–H groups in total. The van der Waals surface area contributed by atoms with Crippen LogP contribution in [-0.2, 0) is 0 Å². The Bertz CT molecular complexity index is 677. The van der Waals surface area contributed by atoms with Crippen LogP contribution in [0.15, 0.2) is 42.5 Å². The summed E-state index contributed by atoms with van der Waals surface area (Å²) in [5.41, 5.74) is 1.52. The van der Waals surface area contributed by atoms with Gasteiger partial charge in [0.15, 0.2) is 5.11 Å². The predicted octanol–water partition coefficient (Wildman–Crippen LogP) is 3.91. The number of ether oxygens (including phenoxy) is 3. The normalized spacial score (nSPS) is 9.87. The first-order chi connectivity index (χ1) is 11.2. The molecular weight excluding hydrogens is 312 g/mol. The topological polar surface area (TPSA) is 51.8 Å². The van der Waals surface area contributed by atoms with Crippen LogP contribution in [0.1, 0.15) is 6.92 Å². The second-order valence-electron chi connectivity index (χ2n) is 4.57. The fourth-order valence-electron chi connectivity index (χ4n) is 2.04. The van der Waals surface area contributed by atoms with Crippen LogP contribution in [0.5, 0.6) is 17.2 Å². The Morgan fingerprint density at radius 3 is 2.39 bits per heavy atom. The van der Waals surface area contributed by atoms with Crippen LogP contribution in [0.2, 0.25) is 0 Å². The summed E-state index contributed by atoms with van der Waals surface area (Å²) in [5, 5.41) is 6.68. The van der Waals surface area contributed by atoms with Crippen molar-refractivity contribution in [3.05, 3.63) is 42.5 Å². The molecule has 122 valence electrons. The van der Waals surface area contributed by atoms with Crippen LogP contribution in [0.25, 0.3) is 0 Å². The molecule has 0 atom stereocenters. The molecule has 0 saturated heterocycles. The highest BCUT2D eigenvalue weighted by Crippen LogP contribution is 2.29. The Morgan fingerprint density at radius 1 is 0.957 bits per heavy atom. The molecule has 0 aliphatic heterocycles. The molecule has 0 radical (unpaired) electrons. The highest BCUT2D eigenvalue weighted by Gasteiger charge is 2.09. The largest absolute Gasteiger partial charge is 0.497 e. The van der Waals surface area contributed by atoms with Crippen molar-refractivity contribution in [1.82, 2.24) is 0 Å². The third kappa shape index (κ3) is 4.50. The number of nitrogens with one attached hydrogen (secondary N) is 2. The summed E-state index contributed by atoms with van der Waals surface area (Å²) in [6.07, 6.45) is 0. The summed E-state index contributed by atoms with van der Waals surface area (Å²) in [6, 6.07) is 13.1. The summed E-state index contributed by atoms with van der Waals surface area (Å²) in [7, 11) is 3.22. The molecule has 0 amide bonds. The molecule has 0 bridgehead atoms. The van der Waals surface area contributed by atoms with Crippen molar-refractivity contribution >= 4 is 28.7 Å². The maximum absolute atomic E-state index is 5.57. The lowest BCUT2D eigenvalue weighted by Crippen LogP contribution is -2.20. The number of hydrogen-bond donors (Lipinski definition) is 2. The lowest BCUT2D eigenvalue weighted by molar-refractivity contribution is 0.342. The Hall–Kier alpha value is -2.47. The van der Waals surface area contributed by atoms with Crippen molar-refractivity contribution in [2.75, 3.05) is 31.5 Å². The fourth-order valence-corrected chi connectivity index (χ4v) is 2.26. The highest BCUT2D eigenvalue weighted by atomic mass is 32.1. The molecule has 0 unspecified atom stereocenters. The standard InChI is InChI=1S/C17H20N2O3S/c1-4-22-16-8-6-5-7-13(16)18-17(23)19-14-11-12(20-2)9-10-15(14)21-3/h5-11H,4H2,1-3H3,(H2,18,19,23). The van der Waals surface area contributed by atoms with Gasteiger partial charge in [-0.25, -0.2) is 0 Å². The average Bonchev–Trinajstić information content (AvgIpc) is 2.56. The van der Waals surface area contributed by atoms with E-state index in [4.69, 9.17) is 26.4 Å². The summed E-state index contributed by atoms with van der Waals surface area (Å²) in [5.74, 6) is 2.13. The van der Waals surface area contributed by atoms with Gasteiger partial charge in [-0.2, -0.15) is 0 Å². The second kappa shape index (κ2) is 8.24. The smallest absolute Gasteiger partial charge is 0.175 e. The molecule has 0 fully saturated rings. The van der Waals surface area contributed by atoms with Crippen molar-refractivity contribution in [2.45, 2.75) is 6.92 Å². The van der Waals surface area contributed by atoms with Crippen LogP contribution in [-0.4, -0.2) is 25.9 Å². The zero-order chi connectivity index (χ0) is 16.7. The Balaban J connectivity index is 2.14. The lowest BCUT2D eigenvalue weighted by atomic mass is 10.2. The minimum absolute atomic E-state index is 0.434. The van der Waals surface area contributed by atoms with Gasteiger partial charge < -0.3 is 24.8 Å². The molecule has 23 heavy (non-hydrogen) atoms. The zero-order valence-corrected chi connectivity index (χ0v) is 14.2.